The summed E-state index contributed by atoms with van der Waals surface area (Å²) in [5.41, 5.74) is 1.03. The summed E-state index contributed by atoms with van der Waals surface area (Å²) in [6, 6.07) is 7.71. The van der Waals surface area contributed by atoms with Crippen LogP contribution in [0, 0.1) is 6.92 Å². The van der Waals surface area contributed by atoms with Gasteiger partial charge in [-0.25, -0.2) is 4.79 Å². The number of carboxylic acid groups (broad SMARTS) is 1. The van der Waals surface area contributed by atoms with Gasteiger partial charge in [0.15, 0.2) is 5.03 Å². The minimum Gasteiger partial charge on any atom is -0.476 e. The molecule has 82 valence electrons. The molecule has 1 aromatic heterocycles. The van der Waals surface area contributed by atoms with E-state index in [9.17, 15) is 4.79 Å². The van der Waals surface area contributed by atoms with E-state index in [2.05, 4.69) is 15.4 Å². The maximum absolute atomic E-state index is 10.8. The van der Waals surface area contributed by atoms with Crippen molar-refractivity contribution in [1.29, 1.82) is 0 Å². The van der Waals surface area contributed by atoms with Gasteiger partial charge in [-0.3, -0.25) is 0 Å². The lowest BCUT2D eigenvalue weighted by Gasteiger charge is -2.01. The first-order valence-corrected chi connectivity index (χ1v) is 5.37. The molecule has 1 aromatic carbocycles. The van der Waals surface area contributed by atoms with E-state index in [0.717, 1.165) is 10.5 Å². The number of nitrogens with zero attached hydrogens (tertiary/aromatic N) is 2. The molecule has 2 rings (SSSR count). The first-order chi connectivity index (χ1) is 7.68. The molecule has 0 amide bonds. The van der Waals surface area contributed by atoms with Crippen LogP contribution in [0.3, 0.4) is 0 Å². The van der Waals surface area contributed by atoms with Gasteiger partial charge in [0, 0.05) is 4.90 Å². The van der Waals surface area contributed by atoms with Crippen LogP contribution >= 0.6 is 11.8 Å². The van der Waals surface area contributed by atoms with Crippen molar-refractivity contribution in [2.75, 3.05) is 0 Å². The summed E-state index contributed by atoms with van der Waals surface area (Å²) >= 11 is 1.29. The van der Waals surface area contributed by atoms with Gasteiger partial charge in [-0.05, 0) is 18.6 Å². The number of H-pyrrole nitrogens is 1. The van der Waals surface area contributed by atoms with Gasteiger partial charge in [-0.15, -0.1) is 10.2 Å². The molecule has 0 unspecified atom stereocenters. The average Bonchev–Trinajstić information content (AvgIpc) is 2.69. The maximum Gasteiger partial charge on any atom is 0.359 e. The van der Waals surface area contributed by atoms with Crippen LogP contribution in [-0.4, -0.2) is 26.5 Å². The minimum absolute atomic E-state index is 0.0479. The second kappa shape index (κ2) is 4.36. The van der Waals surface area contributed by atoms with Gasteiger partial charge in [0.1, 0.15) is 0 Å². The molecule has 0 aliphatic heterocycles. The third-order valence-corrected chi connectivity index (χ3v) is 3.17. The Kier molecular flexibility index (Phi) is 2.91. The number of carboxylic acids is 1. The fourth-order valence-corrected chi connectivity index (χ4v) is 2.11. The van der Waals surface area contributed by atoms with Crippen LogP contribution in [0.5, 0.6) is 0 Å². The minimum atomic E-state index is -1.08. The number of rotatable bonds is 3. The number of benzene rings is 1. The van der Waals surface area contributed by atoms with E-state index in [4.69, 9.17) is 5.11 Å². The third-order valence-electron chi connectivity index (χ3n) is 2.02. The molecule has 0 radical (unpaired) electrons. The van der Waals surface area contributed by atoms with E-state index in [1.54, 1.807) is 0 Å². The van der Waals surface area contributed by atoms with Crippen LogP contribution < -0.4 is 0 Å². The Morgan fingerprint density at radius 2 is 2.12 bits per heavy atom. The highest BCUT2D eigenvalue weighted by Gasteiger charge is 2.16. The van der Waals surface area contributed by atoms with Crippen molar-refractivity contribution >= 4 is 17.7 Å². The Bertz CT molecular complexity index is 524. The summed E-state index contributed by atoms with van der Waals surface area (Å²) in [6.45, 7) is 1.96. The number of aromatic carboxylic acids is 1. The predicted octanol–water partition coefficient (Wildman–Crippen LogP) is 1.96. The second-order valence-corrected chi connectivity index (χ2v) is 4.18. The molecule has 0 aliphatic carbocycles. The van der Waals surface area contributed by atoms with Gasteiger partial charge < -0.3 is 5.11 Å². The number of aromatic nitrogens is 3. The van der Waals surface area contributed by atoms with Crippen molar-refractivity contribution in [3.8, 4) is 0 Å². The Morgan fingerprint density at radius 1 is 1.38 bits per heavy atom. The molecule has 2 aromatic rings. The van der Waals surface area contributed by atoms with Crippen molar-refractivity contribution in [3.63, 3.8) is 0 Å². The SMILES string of the molecule is Cc1ccccc1Sc1n[nH]nc1C(=O)O. The zero-order chi connectivity index (χ0) is 11.5. The molecular formula is C10H9N3O2S. The summed E-state index contributed by atoms with van der Waals surface area (Å²) in [6.07, 6.45) is 0. The number of hydrogen-bond donors (Lipinski definition) is 2. The number of nitrogens with one attached hydrogen (secondary N) is 1. The second-order valence-electron chi connectivity index (χ2n) is 3.15. The van der Waals surface area contributed by atoms with Crippen LogP contribution in [-0.2, 0) is 0 Å². The molecule has 2 N–H and O–H groups in total. The predicted molar refractivity (Wildman–Crippen MR) is 58.6 cm³/mol. The van der Waals surface area contributed by atoms with Crippen LogP contribution in [0.25, 0.3) is 0 Å². The number of aromatic amines is 1. The molecule has 1 heterocycles. The monoisotopic (exact) mass is 235 g/mol. The fraction of sp³-hybridized carbons (Fsp3) is 0.100. The molecule has 16 heavy (non-hydrogen) atoms. The maximum atomic E-state index is 10.8. The first kappa shape index (κ1) is 10.7. The zero-order valence-corrected chi connectivity index (χ0v) is 9.28. The molecule has 0 saturated heterocycles. The summed E-state index contributed by atoms with van der Waals surface area (Å²) < 4.78 is 0. The summed E-state index contributed by atoms with van der Waals surface area (Å²) in [4.78, 5) is 11.8. The lowest BCUT2D eigenvalue weighted by Crippen LogP contribution is -1.98. The fourth-order valence-electron chi connectivity index (χ4n) is 1.21. The largest absolute Gasteiger partial charge is 0.476 e. The van der Waals surface area contributed by atoms with E-state index >= 15 is 0 Å². The summed E-state index contributed by atoms with van der Waals surface area (Å²) in [5.74, 6) is -1.08. The highest BCUT2D eigenvalue weighted by Crippen LogP contribution is 2.29. The van der Waals surface area contributed by atoms with Gasteiger partial charge in [0.05, 0.1) is 0 Å². The van der Waals surface area contributed by atoms with Gasteiger partial charge >= 0.3 is 5.97 Å². The van der Waals surface area contributed by atoms with Crippen molar-refractivity contribution in [1.82, 2.24) is 15.4 Å². The van der Waals surface area contributed by atoms with Gasteiger partial charge in [0.2, 0.25) is 5.69 Å². The lowest BCUT2D eigenvalue weighted by atomic mass is 10.2. The normalized spacial score (nSPS) is 10.3. The molecule has 0 spiro atoms. The van der Waals surface area contributed by atoms with Crippen molar-refractivity contribution in [2.24, 2.45) is 0 Å². The van der Waals surface area contributed by atoms with E-state index in [1.165, 1.54) is 11.8 Å². The first-order valence-electron chi connectivity index (χ1n) is 4.56. The van der Waals surface area contributed by atoms with Crippen LogP contribution in [0.15, 0.2) is 34.2 Å². The summed E-state index contributed by atoms with van der Waals surface area (Å²) in [7, 11) is 0. The molecule has 0 fully saturated rings. The van der Waals surface area contributed by atoms with E-state index in [-0.39, 0.29) is 5.69 Å². The lowest BCUT2D eigenvalue weighted by molar-refractivity contribution is 0.0686. The molecule has 5 nitrogen and oxygen atoms in total. The molecule has 0 saturated carbocycles. The Morgan fingerprint density at radius 3 is 2.81 bits per heavy atom. The van der Waals surface area contributed by atoms with Gasteiger partial charge in [-0.2, -0.15) is 5.21 Å². The van der Waals surface area contributed by atoms with Crippen molar-refractivity contribution in [3.05, 3.63) is 35.5 Å². The standard InChI is InChI=1S/C10H9N3O2S/c1-6-4-2-3-5-7(6)16-9-8(10(14)15)11-13-12-9/h2-5H,1H3,(H,14,15)(H,11,12,13). The van der Waals surface area contributed by atoms with Crippen LogP contribution in [0.2, 0.25) is 0 Å². The number of aryl methyl sites for hydroxylation is 1. The molecular weight excluding hydrogens is 226 g/mol. The molecule has 0 aliphatic rings. The molecule has 0 bridgehead atoms. The van der Waals surface area contributed by atoms with Crippen molar-refractivity contribution in [2.45, 2.75) is 16.8 Å². The average molecular weight is 235 g/mol. The Hall–Kier alpha value is -1.82. The highest BCUT2D eigenvalue weighted by molar-refractivity contribution is 7.99. The molecule has 0 atom stereocenters. The quantitative estimate of drug-likeness (QED) is 0.850. The number of carbonyl (C=O) groups is 1. The number of hydrogen-bond acceptors (Lipinski definition) is 4. The van der Waals surface area contributed by atoms with E-state index in [1.807, 2.05) is 31.2 Å². The van der Waals surface area contributed by atoms with E-state index in [0.29, 0.717) is 5.03 Å². The zero-order valence-electron chi connectivity index (χ0n) is 8.47. The Labute approximate surface area is 95.9 Å². The van der Waals surface area contributed by atoms with Gasteiger partial charge in [0.25, 0.3) is 0 Å². The van der Waals surface area contributed by atoms with E-state index < -0.39 is 5.97 Å². The topological polar surface area (TPSA) is 78.9 Å². The Balaban J connectivity index is 2.31. The van der Waals surface area contributed by atoms with Gasteiger partial charge in [-0.1, -0.05) is 30.0 Å². The summed E-state index contributed by atoms with van der Waals surface area (Å²) in [5, 5.41) is 19.0. The van der Waals surface area contributed by atoms with Crippen molar-refractivity contribution < 1.29 is 9.90 Å². The van der Waals surface area contributed by atoms with Crippen LogP contribution in [0.4, 0.5) is 0 Å². The van der Waals surface area contributed by atoms with Crippen LogP contribution in [0.1, 0.15) is 16.1 Å². The molecule has 6 heteroatoms. The highest BCUT2D eigenvalue weighted by atomic mass is 32.2. The third kappa shape index (κ3) is 2.06. The smallest absolute Gasteiger partial charge is 0.359 e.